The zero-order chi connectivity index (χ0) is 39.2. The molecule has 3 unspecified atom stereocenters. The molecule has 3 atom stereocenters. The van der Waals surface area contributed by atoms with Crippen LogP contribution in [0, 0.1) is 5.92 Å². The summed E-state index contributed by atoms with van der Waals surface area (Å²) in [7, 11) is 1.99. The van der Waals surface area contributed by atoms with E-state index in [1.807, 2.05) is 48.1 Å². The number of nitrogens with zero attached hydrogens (tertiary/aromatic N) is 5. The molecule has 5 heterocycles. The highest BCUT2D eigenvalue weighted by Gasteiger charge is 2.22. The summed E-state index contributed by atoms with van der Waals surface area (Å²) in [6, 6.07) is 16.3. The van der Waals surface area contributed by atoms with E-state index in [9.17, 15) is 0 Å². The van der Waals surface area contributed by atoms with Crippen molar-refractivity contribution in [3.63, 3.8) is 0 Å². The smallest absolute Gasteiger partial charge is 0.132 e. The van der Waals surface area contributed by atoms with Crippen LogP contribution in [-0.2, 0) is 39.2 Å². The van der Waals surface area contributed by atoms with Crippen LogP contribution in [0.3, 0.4) is 0 Å². The van der Waals surface area contributed by atoms with Gasteiger partial charge in [0.15, 0.2) is 0 Å². The Morgan fingerprint density at radius 2 is 1.31 bits per heavy atom. The average Bonchev–Trinajstić information content (AvgIpc) is 4.00. The maximum Gasteiger partial charge on any atom is 0.132 e. The normalized spacial score (nSPS) is 18.1. The summed E-state index contributed by atoms with van der Waals surface area (Å²) in [5.41, 5.74) is 42.7. The first-order chi connectivity index (χ1) is 26.4. The van der Waals surface area contributed by atoms with Gasteiger partial charge >= 0.3 is 0 Å². The minimum Gasteiger partial charge on any atom is -0.398 e. The molecule has 10 heteroatoms. The van der Waals surface area contributed by atoms with Gasteiger partial charge in [0.1, 0.15) is 23.3 Å². The second-order valence-electron chi connectivity index (χ2n) is 15.4. The molecule has 0 amide bonds. The standard InChI is InChI=1S/C10H13N.C9H10N2.2C9H12N2.C8H9N3/c1-7-5-8-3-2-4-10(11)9(8)6-7;1-6-4-7-2-3-11-9(10)8(7)5-6;1-6-2-3-8-7(6)4-5-11-9(8)10;1-6-2-3-7-4-5-11-9(10)8(6)7;1-11-5-3-6-7(11)2-4-10-8(6)9/h2-4,7H,5-6,11H2,1H3;2-3,5H,4H2,1H3,(H2,10,11);2*4-6H,2-3H2,1H3,(H2,10,11);2-5H,1H3,(H2,9,10). The van der Waals surface area contributed by atoms with Crippen molar-refractivity contribution in [3.05, 3.63) is 130 Å². The molecule has 10 nitrogen and oxygen atoms in total. The second-order valence-corrected chi connectivity index (χ2v) is 15.4. The maximum absolute atomic E-state index is 5.83. The maximum atomic E-state index is 5.83. The zero-order valence-electron chi connectivity index (χ0n) is 32.9. The van der Waals surface area contributed by atoms with Crippen LogP contribution in [0.2, 0.25) is 0 Å². The van der Waals surface area contributed by atoms with E-state index >= 15 is 0 Å². The predicted octanol–water partition coefficient (Wildman–Crippen LogP) is 8.21. The fraction of sp³-hybridized carbons (Fsp3) is 0.333. The summed E-state index contributed by atoms with van der Waals surface area (Å²) in [5.74, 6) is 4.78. The lowest BCUT2D eigenvalue weighted by Gasteiger charge is -2.05. The minimum atomic E-state index is 0.600. The highest BCUT2D eigenvalue weighted by molar-refractivity contribution is 5.88. The van der Waals surface area contributed by atoms with Gasteiger partial charge in [0.05, 0.1) is 5.52 Å². The molecule has 4 aliphatic rings. The molecule has 0 radical (unpaired) electrons. The van der Waals surface area contributed by atoms with E-state index in [0.717, 1.165) is 52.5 Å². The summed E-state index contributed by atoms with van der Waals surface area (Å²) in [4.78, 5) is 16.1. The van der Waals surface area contributed by atoms with E-state index in [4.69, 9.17) is 28.7 Å². The molecular formula is C45H56N10. The van der Waals surface area contributed by atoms with Gasteiger partial charge in [0.25, 0.3) is 0 Å². The van der Waals surface area contributed by atoms with Crippen molar-refractivity contribution in [2.75, 3.05) is 28.7 Å². The predicted molar refractivity (Wildman–Crippen MR) is 229 cm³/mol. The largest absolute Gasteiger partial charge is 0.398 e. The Bertz CT molecular complexity index is 2300. The molecule has 10 rings (SSSR count). The van der Waals surface area contributed by atoms with Gasteiger partial charge in [-0.3, -0.25) is 0 Å². The van der Waals surface area contributed by atoms with Gasteiger partial charge in [0, 0.05) is 60.2 Å². The number of hydrogen-bond donors (Lipinski definition) is 5. The highest BCUT2D eigenvalue weighted by atomic mass is 14.9. The summed E-state index contributed by atoms with van der Waals surface area (Å²) in [5, 5.41) is 1.02. The fourth-order valence-corrected chi connectivity index (χ4v) is 8.17. The van der Waals surface area contributed by atoms with E-state index < -0.39 is 0 Å². The third kappa shape index (κ3) is 8.91. The van der Waals surface area contributed by atoms with E-state index in [-0.39, 0.29) is 0 Å². The number of aromatic nitrogens is 5. The van der Waals surface area contributed by atoms with Crippen LogP contribution in [0.25, 0.3) is 17.0 Å². The zero-order valence-corrected chi connectivity index (χ0v) is 32.9. The van der Waals surface area contributed by atoms with Crippen LogP contribution in [-0.4, -0.2) is 24.5 Å². The molecule has 0 spiro atoms. The number of hydrogen-bond acceptors (Lipinski definition) is 9. The van der Waals surface area contributed by atoms with Gasteiger partial charge in [-0.15, -0.1) is 0 Å². The molecule has 5 aromatic heterocycles. The van der Waals surface area contributed by atoms with Crippen LogP contribution < -0.4 is 28.7 Å². The molecule has 10 N–H and O–H groups in total. The van der Waals surface area contributed by atoms with E-state index in [0.29, 0.717) is 23.5 Å². The van der Waals surface area contributed by atoms with Crippen molar-refractivity contribution in [1.82, 2.24) is 24.5 Å². The first-order valence-electron chi connectivity index (χ1n) is 19.3. The molecule has 0 aliphatic heterocycles. The fourth-order valence-electron chi connectivity index (χ4n) is 8.17. The number of anilines is 5. The number of rotatable bonds is 0. The average molecular weight is 737 g/mol. The molecule has 0 fully saturated rings. The third-order valence-electron chi connectivity index (χ3n) is 11.2. The van der Waals surface area contributed by atoms with Crippen LogP contribution in [0.4, 0.5) is 29.0 Å². The quantitative estimate of drug-likeness (QED) is 0.0958. The molecule has 0 saturated carbocycles. The summed E-state index contributed by atoms with van der Waals surface area (Å²) in [6.07, 6.45) is 19.3. The van der Waals surface area contributed by atoms with Gasteiger partial charge in [-0.1, -0.05) is 44.6 Å². The minimum absolute atomic E-state index is 0.600. The Hall–Kier alpha value is -5.90. The van der Waals surface area contributed by atoms with Crippen LogP contribution in [0.1, 0.15) is 96.9 Å². The molecular weight excluding hydrogens is 681 g/mol. The Labute approximate surface area is 325 Å². The molecule has 55 heavy (non-hydrogen) atoms. The molecule has 6 aromatic rings. The number of pyridine rings is 4. The number of nitrogens with two attached hydrogens (primary N) is 5. The van der Waals surface area contributed by atoms with Gasteiger partial charge in [0.2, 0.25) is 0 Å². The Balaban J connectivity index is 0.000000117. The number of fused-ring (bicyclic) bond motifs is 5. The number of aryl methyl sites for hydroxylation is 2. The van der Waals surface area contributed by atoms with E-state index in [1.54, 1.807) is 24.8 Å². The van der Waals surface area contributed by atoms with Gasteiger partial charge in [-0.25, -0.2) is 19.9 Å². The summed E-state index contributed by atoms with van der Waals surface area (Å²) in [6.45, 7) is 8.84. The second kappa shape index (κ2) is 17.1. The third-order valence-corrected chi connectivity index (χ3v) is 11.2. The Morgan fingerprint density at radius 3 is 2.02 bits per heavy atom. The number of benzene rings is 1. The van der Waals surface area contributed by atoms with Crippen LogP contribution in [0.5, 0.6) is 0 Å². The number of nitrogen functional groups attached to an aromatic ring is 5. The molecule has 286 valence electrons. The van der Waals surface area contributed by atoms with Crippen molar-refractivity contribution >= 4 is 45.9 Å². The Kier molecular flexibility index (Phi) is 12.0. The Morgan fingerprint density at radius 1 is 0.636 bits per heavy atom. The van der Waals surface area contributed by atoms with Crippen molar-refractivity contribution < 1.29 is 0 Å². The van der Waals surface area contributed by atoms with Crippen LogP contribution >= 0.6 is 0 Å². The lowest BCUT2D eigenvalue weighted by Crippen LogP contribution is -1.98. The van der Waals surface area contributed by atoms with E-state index in [1.165, 1.54) is 76.6 Å². The lowest BCUT2D eigenvalue weighted by molar-refractivity contribution is 0.628. The van der Waals surface area contributed by atoms with Crippen molar-refractivity contribution in [3.8, 4) is 0 Å². The summed E-state index contributed by atoms with van der Waals surface area (Å²) >= 11 is 0. The van der Waals surface area contributed by atoms with Crippen molar-refractivity contribution in [2.24, 2.45) is 13.0 Å². The summed E-state index contributed by atoms with van der Waals surface area (Å²) < 4.78 is 2.02. The molecule has 1 aromatic carbocycles. The topological polar surface area (TPSA) is 187 Å². The van der Waals surface area contributed by atoms with Crippen molar-refractivity contribution in [2.45, 2.75) is 84.5 Å². The SMILES string of the molecule is CC1=Cc2c(ccnc2N)C1.CC1CCc2c1ccnc2N.CC1CCc2ccnc(N)c21.CC1Cc2cccc(N)c2C1.Cn1ccc2c(N)nccc21. The lowest BCUT2D eigenvalue weighted by atomic mass is 10.1. The van der Waals surface area contributed by atoms with Crippen LogP contribution in [0.15, 0.2) is 85.1 Å². The molecule has 0 bridgehead atoms. The molecule has 0 saturated heterocycles. The van der Waals surface area contributed by atoms with Gasteiger partial charge in [-0.05, 0) is 139 Å². The number of allylic oxidation sites excluding steroid dienone is 1. The first kappa shape index (κ1) is 38.8. The van der Waals surface area contributed by atoms with Gasteiger partial charge < -0.3 is 33.2 Å². The first-order valence-corrected chi connectivity index (χ1v) is 19.3. The highest BCUT2D eigenvalue weighted by Crippen LogP contribution is 2.36. The molecule has 4 aliphatic carbocycles. The van der Waals surface area contributed by atoms with Gasteiger partial charge in [-0.2, -0.15) is 0 Å². The van der Waals surface area contributed by atoms with E-state index in [2.05, 4.69) is 71.9 Å². The monoisotopic (exact) mass is 736 g/mol. The van der Waals surface area contributed by atoms with Crippen molar-refractivity contribution in [1.29, 1.82) is 0 Å².